The first kappa shape index (κ1) is 6.62. The van der Waals surface area contributed by atoms with E-state index in [1.54, 1.807) is 0 Å². The summed E-state index contributed by atoms with van der Waals surface area (Å²) in [5, 5.41) is 0. The Morgan fingerprint density at radius 2 is 2.33 bits per heavy atom. The second-order valence-corrected chi connectivity index (χ2v) is 2.61. The molecule has 1 aliphatic rings. The molecule has 0 aromatic heterocycles. The van der Waals surface area contributed by atoms with E-state index >= 15 is 0 Å². The van der Waals surface area contributed by atoms with Crippen molar-refractivity contribution in [1.29, 1.82) is 0 Å². The van der Waals surface area contributed by atoms with E-state index in [4.69, 9.17) is 4.74 Å². The average molecular weight is 127 g/mol. The lowest BCUT2D eigenvalue weighted by Crippen LogP contribution is -2.25. The third-order valence-electron chi connectivity index (χ3n) is 1.53. The fourth-order valence-electron chi connectivity index (χ4n) is 0.950. The van der Waals surface area contributed by atoms with Gasteiger partial charge in [0.05, 0.1) is 6.61 Å². The standard InChI is InChI=1S/C7H13NO/c1-6(2)8-5-9-4-7(8)3/h6H,3-5H2,1-2H3. The largest absolute Gasteiger partial charge is 0.355 e. The fraction of sp³-hybridized carbons (Fsp3) is 0.714. The maximum atomic E-state index is 5.16. The predicted molar refractivity (Wildman–Crippen MR) is 36.9 cm³/mol. The number of ether oxygens (including phenoxy) is 1. The van der Waals surface area contributed by atoms with Gasteiger partial charge in [0, 0.05) is 11.7 Å². The first-order valence-corrected chi connectivity index (χ1v) is 3.24. The second-order valence-electron chi connectivity index (χ2n) is 2.61. The molecule has 0 N–H and O–H groups in total. The summed E-state index contributed by atoms with van der Waals surface area (Å²) in [5.41, 5.74) is 1.10. The van der Waals surface area contributed by atoms with Gasteiger partial charge in [-0.05, 0) is 13.8 Å². The summed E-state index contributed by atoms with van der Waals surface area (Å²) in [6, 6.07) is 0.528. The van der Waals surface area contributed by atoms with Gasteiger partial charge in [-0.3, -0.25) is 0 Å². The van der Waals surface area contributed by atoms with Crippen LogP contribution >= 0.6 is 0 Å². The highest BCUT2D eigenvalue weighted by Crippen LogP contribution is 2.13. The zero-order valence-corrected chi connectivity index (χ0v) is 6.05. The van der Waals surface area contributed by atoms with Gasteiger partial charge in [0.25, 0.3) is 0 Å². The highest BCUT2D eigenvalue weighted by atomic mass is 16.5. The molecule has 1 rings (SSSR count). The molecule has 0 saturated carbocycles. The van der Waals surface area contributed by atoms with Crippen molar-refractivity contribution in [2.75, 3.05) is 13.3 Å². The maximum Gasteiger partial charge on any atom is 0.119 e. The molecule has 0 unspecified atom stereocenters. The minimum Gasteiger partial charge on any atom is -0.355 e. The quantitative estimate of drug-likeness (QED) is 0.524. The highest BCUT2D eigenvalue weighted by Gasteiger charge is 2.16. The van der Waals surface area contributed by atoms with Crippen molar-refractivity contribution in [2.24, 2.45) is 0 Å². The van der Waals surface area contributed by atoms with Gasteiger partial charge in [-0.1, -0.05) is 6.58 Å². The van der Waals surface area contributed by atoms with Crippen LogP contribution < -0.4 is 0 Å². The molecule has 1 aliphatic heterocycles. The van der Waals surface area contributed by atoms with Crippen LogP contribution in [0.5, 0.6) is 0 Å². The van der Waals surface area contributed by atoms with Gasteiger partial charge in [0.1, 0.15) is 6.73 Å². The van der Waals surface area contributed by atoms with E-state index in [1.807, 2.05) is 0 Å². The number of nitrogens with zero attached hydrogens (tertiary/aromatic N) is 1. The van der Waals surface area contributed by atoms with E-state index in [0.717, 1.165) is 12.4 Å². The Bertz CT molecular complexity index is 120. The molecule has 0 bridgehead atoms. The molecule has 0 spiro atoms. The van der Waals surface area contributed by atoms with E-state index in [9.17, 15) is 0 Å². The summed E-state index contributed by atoms with van der Waals surface area (Å²) in [7, 11) is 0. The molecule has 2 nitrogen and oxygen atoms in total. The van der Waals surface area contributed by atoms with Gasteiger partial charge in [-0.25, -0.2) is 0 Å². The second kappa shape index (κ2) is 2.40. The minimum atomic E-state index is 0.528. The Kier molecular flexibility index (Phi) is 1.76. The molecule has 1 fully saturated rings. The molecule has 0 atom stereocenters. The van der Waals surface area contributed by atoms with Crippen molar-refractivity contribution in [3.8, 4) is 0 Å². The smallest absolute Gasteiger partial charge is 0.119 e. The first-order valence-electron chi connectivity index (χ1n) is 3.24. The van der Waals surface area contributed by atoms with Gasteiger partial charge < -0.3 is 9.64 Å². The molecule has 0 radical (unpaired) electrons. The Labute approximate surface area is 56.1 Å². The lowest BCUT2D eigenvalue weighted by Gasteiger charge is -2.21. The normalized spacial score (nSPS) is 19.9. The Hall–Kier alpha value is -0.500. The lowest BCUT2D eigenvalue weighted by molar-refractivity contribution is 0.127. The van der Waals surface area contributed by atoms with Crippen LogP contribution in [0.2, 0.25) is 0 Å². The first-order chi connectivity index (χ1) is 4.22. The molecular formula is C7H13NO. The SMILES string of the molecule is C=C1COCN1C(C)C. The molecule has 1 saturated heterocycles. The van der Waals surface area contributed by atoms with Crippen LogP contribution in [0, 0.1) is 0 Å². The summed E-state index contributed by atoms with van der Waals surface area (Å²) >= 11 is 0. The molecule has 0 aliphatic carbocycles. The average Bonchev–Trinajstić information content (AvgIpc) is 2.13. The van der Waals surface area contributed by atoms with Crippen LogP contribution in [0.25, 0.3) is 0 Å². The lowest BCUT2D eigenvalue weighted by atomic mass is 10.3. The zero-order valence-electron chi connectivity index (χ0n) is 6.05. The van der Waals surface area contributed by atoms with Crippen molar-refractivity contribution in [3.63, 3.8) is 0 Å². The fourth-order valence-corrected chi connectivity index (χ4v) is 0.950. The van der Waals surface area contributed by atoms with Crippen molar-refractivity contribution < 1.29 is 4.74 Å². The van der Waals surface area contributed by atoms with E-state index in [-0.39, 0.29) is 0 Å². The van der Waals surface area contributed by atoms with Crippen LogP contribution in [0.4, 0.5) is 0 Å². The Balaban J connectivity index is 2.49. The highest BCUT2D eigenvalue weighted by molar-refractivity contribution is 4.97. The number of hydrogen-bond donors (Lipinski definition) is 0. The van der Waals surface area contributed by atoms with Crippen LogP contribution in [0.1, 0.15) is 13.8 Å². The maximum absolute atomic E-state index is 5.16. The summed E-state index contributed by atoms with van der Waals surface area (Å²) in [6.45, 7) is 9.56. The summed E-state index contributed by atoms with van der Waals surface area (Å²) < 4.78 is 5.16. The van der Waals surface area contributed by atoms with Gasteiger partial charge in [-0.15, -0.1) is 0 Å². The minimum absolute atomic E-state index is 0.528. The van der Waals surface area contributed by atoms with Gasteiger partial charge in [0.15, 0.2) is 0 Å². The van der Waals surface area contributed by atoms with Crippen molar-refractivity contribution in [2.45, 2.75) is 19.9 Å². The molecule has 0 amide bonds. The topological polar surface area (TPSA) is 12.5 Å². The Morgan fingerprint density at radius 1 is 1.67 bits per heavy atom. The van der Waals surface area contributed by atoms with E-state index in [0.29, 0.717) is 12.6 Å². The van der Waals surface area contributed by atoms with Crippen LogP contribution in [0.3, 0.4) is 0 Å². The monoisotopic (exact) mass is 127 g/mol. The van der Waals surface area contributed by atoms with E-state index in [1.165, 1.54) is 0 Å². The molecule has 9 heavy (non-hydrogen) atoms. The number of rotatable bonds is 1. The zero-order chi connectivity index (χ0) is 6.85. The molecule has 0 aromatic rings. The Morgan fingerprint density at radius 3 is 2.56 bits per heavy atom. The van der Waals surface area contributed by atoms with E-state index in [2.05, 4.69) is 25.3 Å². The summed E-state index contributed by atoms with van der Waals surface area (Å²) in [6.07, 6.45) is 0. The van der Waals surface area contributed by atoms with Crippen LogP contribution in [-0.2, 0) is 4.74 Å². The molecule has 1 heterocycles. The molecule has 2 heteroatoms. The van der Waals surface area contributed by atoms with Crippen molar-refractivity contribution in [3.05, 3.63) is 12.3 Å². The van der Waals surface area contributed by atoms with Gasteiger partial charge in [-0.2, -0.15) is 0 Å². The third kappa shape index (κ3) is 1.24. The van der Waals surface area contributed by atoms with E-state index < -0.39 is 0 Å². The molecular weight excluding hydrogens is 114 g/mol. The molecule has 52 valence electrons. The predicted octanol–water partition coefficient (Wildman–Crippen LogP) is 1.20. The van der Waals surface area contributed by atoms with Crippen molar-refractivity contribution in [1.82, 2.24) is 4.90 Å². The van der Waals surface area contributed by atoms with Crippen LogP contribution in [-0.4, -0.2) is 24.3 Å². The summed E-state index contributed by atoms with van der Waals surface area (Å²) in [4.78, 5) is 2.15. The molecule has 0 aromatic carbocycles. The third-order valence-corrected chi connectivity index (χ3v) is 1.53. The number of hydrogen-bond acceptors (Lipinski definition) is 2. The summed E-state index contributed by atoms with van der Waals surface area (Å²) in [5.74, 6) is 0. The van der Waals surface area contributed by atoms with Gasteiger partial charge >= 0.3 is 0 Å². The van der Waals surface area contributed by atoms with Gasteiger partial charge in [0.2, 0.25) is 0 Å². The van der Waals surface area contributed by atoms with Crippen LogP contribution in [0.15, 0.2) is 12.3 Å². The van der Waals surface area contributed by atoms with Crippen molar-refractivity contribution >= 4 is 0 Å².